The number of aryl methyl sites for hydroxylation is 1. The van der Waals surface area contributed by atoms with Gasteiger partial charge >= 0.3 is 0 Å². The summed E-state index contributed by atoms with van der Waals surface area (Å²) in [5.74, 6) is 0. The molecule has 0 amide bonds. The summed E-state index contributed by atoms with van der Waals surface area (Å²) in [6, 6.07) is 0. The van der Waals surface area contributed by atoms with Gasteiger partial charge in [-0.2, -0.15) is 0 Å². The zero-order chi connectivity index (χ0) is 10.7. The lowest BCUT2D eigenvalue weighted by molar-refractivity contribution is 0.112. The van der Waals surface area contributed by atoms with Crippen molar-refractivity contribution in [2.24, 2.45) is 0 Å². The van der Waals surface area contributed by atoms with Crippen LogP contribution >= 0.6 is 0 Å². The summed E-state index contributed by atoms with van der Waals surface area (Å²) in [7, 11) is 0. The van der Waals surface area contributed by atoms with Crippen LogP contribution in [0.15, 0.2) is 12.8 Å². The van der Waals surface area contributed by atoms with Crippen molar-refractivity contribution in [3.8, 4) is 0 Å². The van der Waals surface area contributed by atoms with Gasteiger partial charge in [-0.3, -0.25) is 9.78 Å². The van der Waals surface area contributed by atoms with Gasteiger partial charge in [0.1, 0.15) is 0 Å². The lowest BCUT2D eigenvalue weighted by atomic mass is 9.98. The number of carbonyl (C=O) groups excluding carboxylic acids is 1. The fraction of sp³-hybridized carbons (Fsp3) is 0.385. The molecule has 0 spiro atoms. The smallest absolute Gasteiger partial charge is 0.152 e. The van der Waals surface area contributed by atoms with Crippen LogP contribution in [0.5, 0.6) is 0 Å². The molecule has 15 heavy (non-hydrogen) atoms. The minimum Gasteiger partial charge on any atom is -0.298 e. The second-order valence-corrected chi connectivity index (χ2v) is 3.94. The molecule has 0 aliphatic heterocycles. The Morgan fingerprint density at radius 3 is 2.80 bits per heavy atom. The maximum Gasteiger partial charge on any atom is 0.152 e. The maximum absolute atomic E-state index is 10.9. The number of fused-ring (bicyclic) bond motifs is 1. The number of nitrogens with zero attached hydrogens (tertiary/aromatic N) is 1. The van der Waals surface area contributed by atoms with Crippen molar-refractivity contribution in [2.45, 2.75) is 32.1 Å². The first kappa shape index (κ1) is 10.1. The molecular weight excluding hydrogens is 186 g/mol. The molecule has 1 aliphatic rings. The van der Waals surface area contributed by atoms with Crippen LogP contribution in [-0.2, 0) is 12.8 Å². The summed E-state index contributed by atoms with van der Waals surface area (Å²) in [6.45, 7) is 3.79. The predicted molar refractivity (Wildman–Crippen MR) is 61.0 cm³/mol. The van der Waals surface area contributed by atoms with Crippen LogP contribution < -0.4 is 0 Å². The zero-order valence-electron chi connectivity index (χ0n) is 8.83. The summed E-state index contributed by atoms with van der Waals surface area (Å²) in [4.78, 5) is 15.2. The van der Waals surface area contributed by atoms with Gasteiger partial charge in [0, 0.05) is 17.5 Å². The predicted octanol–water partition coefficient (Wildman–Crippen LogP) is 2.81. The van der Waals surface area contributed by atoms with Gasteiger partial charge in [-0.1, -0.05) is 19.1 Å². The summed E-state index contributed by atoms with van der Waals surface area (Å²) >= 11 is 0. The summed E-state index contributed by atoms with van der Waals surface area (Å²) in [5.41, 5.74) is 4.07. The Kier molecular flexibility index (Phi) is 2.95. The minimum atomic E-state index is 0.672. The molecule has 0 aromatic carbocycles. The molecule has 2 rings (SSSR count). The molecule has 1 heterocycles. The highest BCUT2D eigenvalue weighted by Crippen LogP contribution is 2.24. The van der Waals surface area contributed by atoms with E-state index in [-0.39, 0.29) is 0 Å². The number of carbonyl (C=O) groups is 1. The van der Waals surface area contributed by atoms with Crippen molar-refractivity contribution in [2.75, 3.05) is 0 Å². The van der Waals surface area contributed by atoms with Gasteiger partial charge in [-0.15, -0.1) is 0 Å². The number of rotatable bonds is 2. The monoisotopic (exact) mass is 201 g/mol. The topological polar surface area (TPSA) is 30.0 Å². The van der Waals surface area contributed by atoms with Crippen molar-refractivity contribution >= 4 is 12.4 Å². The third kappa shape index (κ3) is 1.84. The van der Waals surface area contributed by atoms with E-state index in [0.29, 0.717) is 5.56 Å². The standard InChI is InChI=1S/C13H15NO/c1-2-11-10(9-15)8-14-13-7-5-3-4-6-12(11)13/h2,8-9H,1,3-7H2. The zero-order valence-corrected chi connectivity index (χ0v) is 8.83. The average molecular weight is 201 g/mol. The first-order valence-corrected chi connectivity index (χ1v) is 5.45. The van der Waals surface area contributed by atoms with E-state index in [1.165, 1.54) is 24.8 Å². The van der Waals surface area contributed by atoms with E-state index in [9.17, 15) is 4.79 Å². The Morgan fingerprint density at radius 2 is 2.07 bits per heavy atom. The second kappa shape index (κ2) is 4.39. The quantitative estimate of drug-likeness (QED) is 0.544. The van der Waals surface area contributed by atoms with E-state index < -0.39 is 0 Å². The molecule has 1 aromatic rings. The fourth-order valence-electron chi connectivity index (χ4n) is 2.22. The molecule has 0 N–H and O–H groups in total. The van der Waals surface area contributed by atoms with Crippen LogP contribution in [0.3, 0.4) is 0 Å². The molecule has 0 atom stereocenters. The average Bonchev–Trinajstić information content (AvgIpc) is 2.52. The molecule has 0 saturated carbocycles. The molecule has 0 unspecified atom stereocenters. The molecule has 2 heteroatoms. The van der Waals surface area contributed by atoms with Gasteiger partial charge in [0.05, 0.1) is 0 Å². The van der Waals surface area contributed by atoms with Gasteiger partial charge in [0.25, 0.3) is 0 Å². The molecule has 1 aromatic heterocycles. The summed E-state index contributed by atoms with van der Waals surface area (Å²) < 4.78 is 0. The molecule has 78 valence electrons. The highest BCUT2D eigenvalue weighted by molar-refractivity contribution is 5.82. The van der Waals surface area contributed by atoms with Crippen LogP contribution in [0, 0.1) is 0 Å². The Bertz CT molecular complexity index is 396. The Balaban J connectivity index is 2.56. The number of aldehydes is 1. The first-order valence-electron chi connectivity index (χ1n) is 5.45. The van der Waals surface area contributed by atoms with Crippen LogP contribution in [0.1, 0.15) is 46.4 Å². The van der Waals surface area contributed by atoms with Crippen molar-refractivity contribution in [3.63, 3.8) is 0 Å². The van der Waals surface area contributed by atoms with Gasteiger partial charge in [-0.25, -0.2) is 0 Å². The third-order valence-corrected chi connectivity index (χ3v) is 3.02. The van der Waals surface area contributed by atoms with Gasteiger partial charge < -0.3 is 0 Å². The minimum absolute atomic E-state index is 0.672. The number of aromatic nitrogens is 1. The highest BCUT2D eigenvalue weighted by Gasteiger charge is 2.14. The molecule has 0 radical (unpaired) electrons. The maximum atomic E-state index is 10.9. The molecule has 0 bridgehead atoms. The summed E-state index contributed by atoms with van der Waals surface area (Å²) in [5, 5.41) is 0. The van der Waals surface area contributed by atoms with Crippen LogP contribution in [0.2, 0.25) is 0 Å². The number of pyridine rings is 1. The Labute approximate surface area is 90.0 Å². The third-order valence-electron chi connectivity index (χ3n) is 3.02. The number of hydrogen-bond acceptors (Lipinski definition) is 2. The lowest BCUT2D eigenvalue weighted by Gasteiger charge is -2.10. The molecule has 1 aliphatic carbocycles. The Morgan fingerprint density at radius 1 is 1.27 bits per heavy atom. The summed E-state index contributed by atoms with van der Waals surface area (Å²) in [6.07, 6.45) is 10.1. The molecular formula is C13H15NO. The van der Waals surface area contributed by atoms with Crippen LogP contribution in [-0.4, -0.2) is 11.3 Å². The van der Waals surface area contributed by atoms with E-state index in [1.807, 2.05) is 0 Å². The molecule has 2 nitrogen and oxygen atoms in total. The van der Waals surface area contributed by atoms with E-state index in [4.69, 9.17) is 0 Å². The second-order valence-electron chi connectivity index (χ2n) is 3.94. The lowest BCUT2D eigenvalue weighted by Crippen LogP contribution is -2.02. The highest BCUT2D eigenvalue weighted by atomic mass is 16.1. The Hall–Kier alpha value is -1.44. The fourth-order valence-corrected chi connectivity index (χ4v) is 2.22. The van der Waals surface area contributed by atoms with Crippen LogP contribution in [0.4, 0.5) is 0 Å². The van der Waals surface area contributed by atoms with Gasteiger partial charge in [0.2, 0.25) is 0 Å². The largest absolute Gasteiger partial charge is 0.298 e. The van der Waals surface area contributed by atoms with Crippen molar-refractivity contribution in [1.29, 1.82) is 0 Å². The number of hydrogen-bond donors (Lipinski definition) is 0. The van der Waals surface area contributed by atoms with E-state index in [1.54, 1.807) is 12.3 Å². The SMILES string of the molecule is C=Cc1c(C=O)cnc2c1CCCCC2. The molecule has 0 fully saturated rings. The van der Waals surface area contributed by atoms with E-state index in [2.05, 4.69) is 11.6 Å². The van der Waals surface area contributed by atoms with Gasteiger partial charge in [0.15, 0.2) is 6.29 Å². The van der Waals surface area contributed by atoms with Crippen molar-refractivity contribution in [1.82, 2.24) is 4.98 Å². The molecule has 0 saturated heterocycles. The van der Waals surface area contributed by atoms with Crippen LogP contribution in [0.25, 0.3) is 6.08 Å². The normalized spacial score (nSPS) is 15.2. The first-order chi connectivity index (χ1) is 7.36. The van der Waals surface area contributed by atoms with E-state index in [0.717, 1.165) is 30.4 Å². The van der Waals surface area contributed by atoms with Gasteiger partial charge in [-0.05, 0) is 36.8 Å². The van der Waals surface area contributed by atoms with Crippen molar-refractivity contribution in [3.05, 3.63) is 35.2 Å². The van der Waals surface area contributed by atoms with Crippen molar-refractivity contribution < 1.29 is 4.79 Å². The van der Waals surface area contributed by atoms with E-state index >= 15 is 0 Å².